The smallest absolute Gasteiger partial charge is 0.395 e. The largest absolute Gasteiger partial charge is 0.575 e. The summed E-state index contributed by atoms with van der Waals surface area (Å²) in [5.74, 6) is -0.985. The number of anilines is 1. The van der Waals surface area contributed by atoms with Crippen LogP contribution >= 0.6 is 30.8 Å². The number of hydrogen-bond donors (Lipinski definition) is 4. The quantitative estimate of drug-likeness (QED) is 0.111. The van der Waals surface area contributed by atoms with E-state index in [4.69, 9.17) is 29.6 Å². The topological polar surface area (TPSA) is 220 Å². The van der Waals surface area contributed by atoms with Gasteiger partial charge in [-0.25, -0.2) is 9.78 Å². The average molecular weight is 712 g/mol. The Balaban J connectivity index is 1.45. The number of benzene rings is 2. The second-order valence-corrected chi connectivity index (χ2v) is 11.4. The van der Waals surface area contributed by atoms with E-state index >= 15 is 0 Å². The van der Waals surface area contributed by atoms with Crippen LogP contribution in [0.15, 0.2) is 41.1 Å². The van der Waals surface area contributed by atoms with Crippen LogP contribution in [0.25, 0.3) is 21.9 Å². The highest BCUT2D eigenvalue weighted by molar-refractivity contribution is 14.1. The van der Waals surface area contributed by atoms with Gasteiger partial charge in [0.1, 0.15) is 24.4 Å². The lowest BCUT2D eigenvalue weighted by atomic mass is 9.96. The van der Waals surface area contributed by atoms with Crippen molar-refractivity contribution < 1.29 is 43.7 Å². The molecule has 222 valence electrons. The lowest BCUT2D eigenvalue weighted by Crippen LogP contribution is -2.45. The molecule has 5 N–H and O–H groups in total. The summed E-state index contributed by atoms with van der Waals surface area (Å²) in [7, 11) is -1.36. The molecule has 0 spiro atoms. The molecule has 0 amide bonds. The minimum absolute atomic E-state index is 0.0702. The summed E-state index contributed by atoms with van der Waals surface area (Å²) in [6, 6.07) is 9.17. The molecule has 5 rings (SSSR count). The minimum atomic E-state index is -2.77. The second-order valence-electron chi connectivity index (χ2n) is 9.60. The Kier molecular flexibility index (Phi) is 8.37. The predicted molar refractivity (Wildman–Crippen MR) is 156 cm³/mol. The van der Waals surface area contributed by atoms with E-state index in [0.29, 0.717) is 14.7 Å². The summed E-state index contributed by atoms with van der Waals surface area (Å²) >= 11 is 1.94. The van der Waals surface area contributed by atoms with Crippen LogP contribution in [0.1, 0.15) is 20.1 Å². The summed E-state index contributed by atoms with van der Waals surface area (Å²) in [5.41, 5.74) is 4.55. The Hall–Kier alpha value is -3.41. The number of nitrogen functional groups attached to an aromatic ring is 1. The van der Waals surface area contributed by atoms with Gasteiger partial charge in [0, 0.05) is 28.0 Å². The number of imidazole rings is 1. The van der Waals surface area contributed by atoms with Crippen LogP contribution in [0.3, 0.4) is 0 Å². The number of aromatic nitrogens is 4. The number of aliphatic hydroxyl groups is 2. The fraction of sp³-hybridized carbons (Fsp3) is 0.360. The average Bonchev–Trinajstić information content (AvgIpc) is 3.38. The fourth-order valence-electron chi connectivity index (χ4n) is 4.54. The van der Waals surface area contributed by atoms with Crippen molar-refractivity contribution in [2.24, 2.45) is 4.74 Å². The number of rotatable bonds is 9. The van der Waals surface area contributed by atoms with E-state index < -0.39 is 44.2 Å². The number of nitrogens with zero attached hydrogens (tertiary/aromatic N) is 5. The molecule has 2 unspecified atom stereocenters. The van der Waals surface area contributed by atoms with E-state index in [9.17, 15) is 19.9 Å². The van der Waals surface area contributed by atoms with Gasteiger partial charge in [-0.3, -0.25) is 9.09 Å². The summed E-state index contributed by atoms with van der Waals surface area (Å²) < 4.78 is 28.5. The highest BCUT2D eigenvalue weighted by Crippen LogP contribution is 2.43. The number of nitrogens with two attached hydrogens (primary N) is 1. The normalized spacial score (nSPS) is 23.3. The van der Waals surface area contributed by atoms with Crippen LogP contribution < -0.4 is 24.6 Å². The van der Waals surface area contributed by atoms with Crippen molar-refractivity contribution in [2.45, 2.75) is 43.9 Å². The van der Waals surface area contributed by atoms with Gasteiger partial charge in [-0.05, 0) is 25.3 Å². The number of methoxy groups -OCH3 is 1. The van der Waals surface area contributed by atoms with Crippen molar-refractivity contribution in [2.75, 3.05) is 19.5 Å². The molecule has 17 heteroatoms. The van der Waals surface area contributed by atoms with Gasteiger partial charge in [0.25, 0.3) is 0 Å². The molecule has 0 aliphatic carbocycles. The molecular formula is C25H26IN6O9P. The molecule has 42 heavy (non-hydrogen) atoms. The SMILES string of the molecule is COc1nc(N)nc2c1nc(I)n2[C@@H]1O[C@H](COc2ccc3ccccc3c2O/[P+]([O-])=N/C(C)C(=O)O)[C@@H](O)[C@@]1(C)O. The first-order chi connectivity index (χ1) is 19.9. The number of ether oxygens (including phenoxy) is 3. The lowest BCUT2D eigenvalue weighted by molar-refractivity contribution is -0.169. The highest BCUT2D eigenvalue weighted by Gasteiger charge is 2.54. The number of aliphatic carboxylic acids is 1. The van der Waals surface area contributed by atoms with E-state index in [1.807, 2.05) is 34.7 Å². The van der Waals surface area contributed by atoms with Crippen molar-refractivity contribution in [1.82, 2.24) is 19.5 Å². The van der Waals surface area contributed by atoms with E-state index in [2.05, 4.69) is 19.7 Å². The number of fused-ring (bicyclic) bond motifs is 2. The van der Waals surface area contributed by atoms with Gasteiger partial charge in [-0.1, -0.05) is 35.1 Å². The van der Waals surface area contributed by atoms with Crippen LogP contribution in [0, 0.1) is 3.83 Å². The highest BCUT2D eigenvalue weighted by atomic mass is 127. The predicted octanol–water partition coefficient (Wildman–Crippen LogP) is 1.97. The molecule has 0 saturated carbocycles. The minimum Gasteiger partial charge on any atom is -0.575 e. The molecule has 15 nitrogen and oxygen atoms in total. The molecule has 3 heterocycles. The molecule has 1 fully saturated rings. The third-order valence-electron chi connectivity index (χ3n) is 6.71. The third-order valence-corrected chi connectivity index (χ3v) is 8.34. The maximum absolute atomic E-state index is 12.6. The summed E-state index contributed by atoms with van der Waals surface area (Å²) in [6.07, 6.45) is -3.64. The van der Waals surface area contributed by atoms with Gasteiger partial charge in [-0.2, -0.15) is 9.97 Å². The number of carbonyl (C=O) groups is 1. The number of carboxylic acid groups (broad SMARTS) is 1. The first-order valence-corrected chi connectivity index (χ1v) is 14.7. The fourth-order valence-corrected chi connectivity index (χ4v) is 6.03. The Bertz CT molecular complexity index is 1700. The first kappa shape index (κ1) is 30.1. The molecule has 0 bridgehead atoms. The Morgan fingerprint density at radius 1 is 1.31 bits per heavy atom. The molecular weight excluding hydrogens is 686 g/mol. The monoisotopic (exact) mass is 712 g/mol. The van der Waals surface area contributed by atoms with Crippen molar-refractivity contribution in [3.63, 3.8) is 0 Å². The molecule has 1 aliphatic heterocycles. The van der Waals surface area contributed by atoms with E-state index in [1.165, 1.54) is 25.5 Å². The number of aliphatic hydroxyl groups excluding tert-OH is 1. The molecule has 0 radical (unpaired) electrons. The number of hydrogen-bond acceptors (Lipinski definition) is 13. The van der Waals surface area contributed by atoms with Gasteiger partial charge >= 0.3 is 14.1 Å². The van der Waals surface area contributed by atoms with Crippen molar-refractivity contribution in [3.05, 3.63) is 40.2 Å². The van der Waals surface area contributed by atoms with E-state index in [-0.39, 0.29) is 35.6 Å². The second kappa shape index (κ2) is 11.7. The zero-order valence-electron chi connectivity index (χ0n) is 22.4. The summed E-state index contributed by atoms with van der Waals surface area (Å²) in [5, 5.41) is 32.9. The molecule has 2 aromatic carbocycles. The van der Waals surface area contributed by atoms with Crippen molar-refractivity contribution in [3.8, 4) is 17.4 Å². The lowest BCUT2D eigenvalue weighted by Gasteiger charge is -2.27. The van der Waals surface area contributed by atoms with E-state index in [0.717, 1.165) is 5.39 Å². The molecule has 1 aliphatic rings. The maximum atomic E-state index is 12.6. The Morgan fingerprint density at radius 3 is 2.76 bits per heavy atom. The van der Waals surface area contributed by atoms with Crippen molar-refractivity contribution in [1.29, 1.82) is 0 Å². The number of halogens is 1. The van der Waals surface area contributed by atoms with Crippen LogP contribution in [0.4, 0.5) is 5.95 Å². The van der Waals surface area contributed by atoms with Crippen LogP contribution in [0.5, 0.6) is 17.4 Å². The molecule has 4 aromatic rings. The van der Waals surface area contributed by atoms with Crippen LogP contribution in [0.2, 0.25) is 0 Å². The Morgan fingerprint density at radius 2 is 2.05 bits per heavy atom. The summed E-state index contributed by atoms with van der Waals surface area (Å²) in [4.78, 5) is 36.5. The van der Waals surface area contributed by atoms with Gasteiger partial charge < -0.3 is 40.2 Å². The standard InChI is InChI=1S/C25H26IN6O9P/c1-11(21(34)35)31-42(37)41-17-13-7-5-4-6-12(13)8-9-14(17)39-10-15-18(33)25(2,36)22(40-15)32-19-16(28-23(32)26)20(38-3)30-24(27)29-19/h4-9,11,15,18,22,33,36H,10H2,1-3H3,(H,34,35)(H2,27,29,30)/t11?,15-,18-,22-,25-/m1/s1. The van der Waals surface area contributed by atoms with Gasteiger partial charge in [-0.15, -0.1) is 0 Å². The first-order valence-electron chi connectivity index (χ1n) is 12.5. The third kappa shape index (κ3) is 5.52. The molecule has 1 saturated heterocycles. The number of carboxylic acids is 1. The van der Waals surface area contributed by atoms with Gasteiger partial charge in [0.15, 0.2) is 33.0 Å². The van der Waals surface area contributed by atoms with Gasteiger partial charge in [0.05, 0.1) is 7.11 Å². The van der Waals surface area contributed by atoms with Crippen LogP contribution in [-0.2, 0) is 9.53 Å². The zero-order chi connectivity index (χ0) is 30.3. The van der Waals surface area contributed by atoms with Crippen molar-refractivity contribution >= 4 is 64.6 Å². The molecule has 6 atom stereocenters. The maximum Gasteiger partial charge on any atom is 0.395 e. The zero-order valence-corrected chi connectivity index (χ0v) is 25.5. The van der Waals surface area contributed by atoms with Crippen LogP contribution in [-0.4, -0.2) is 78.4 Å². The summed E-state index contributed by atoms with van der Waals surface area (Å²) in [6.45, 7) is 2.43. The van der Waals surface area contributed by atoms with Gasteiger partial charge in [0.2, 0.25) is 17.6 Å². The molecule has 2 aromatic heterocycles. The van der Waals surface area contributed by atoms with E-state index in [1.54, 1.807) is 24.3 Å². The Labute approximate surface area is 253 Å².